The van der Waals surface area contributed by atoms with Crippen molar-refractivity contribution in [3.05, 3.63) is 71.3 Å². The lowest BCUT2D eigenvalue weighted by Crippen LogP contribution is -2.24. The summed E-state index contributed by atoms with van der Waals surface area (Å²) in [5.74, 6) is 5.87. The molecule has 0 saturated heterocycles. The SMILES string of the molecule is N#Cc1ccccc1C#CCCNC(=O)OCc1ccccc1. The Labute approximate surface area is 135 Å². The topological polar surface area (TPSA) is 62.1 Å². The first-order valence-corrected chi connectivity index (χ1v) is 7.22. The Kier molecular flexibility index (Phi) is 6.26. The second kappa shape index (κ2) is 8.92. The fourth-order valence-corrected chi connectivity index (χ4v) is 1.85. The van der Waals surface area contributed by atoms with Crippen molar-refractivity contribution < 1.29 is 9.53 Å². The van der Waals surface area contributed by atoms with Gasteiger partial charge < -0.3 is 10.1 Å². The molecule has 0 heterocycles. The number of nitriles is 1. The summed E-state index contributed by atoms with van der Waals surface area (Å²) in [7, 11) is 0. The molecule has 23 heavy (non-hydrogen) atoms. The molecule has 0 aromatic heterocycles. The molecule has 0 radical (unpaired) electrons. The lowest BCUT2D eigenvalue weighted by atomic mass is 10.1. The molecule has 0 atom stereocenters. The predicted molar refractivity (Wildman–Crippen MR) is 87.3 cm³/mol. The second-order valence-electron chi connectivity index (χ2n) is 4.70. The van der Waals surface area contributed by atoms with E-state index in [4.69, 9.17) is 10.00 Å². The van der Waals surface area contributed by atoms with Gasteiger partial charge in [-0.1, -0.05) is 54.3 Å². The third-order valence-corrected chi connectivity index (χ3v) is 3.00. The fraction of sp³-hybridized carbons (Fsp3) is 0.158. The molecule has 0 aliphatic heterocycles. The number of amides is 1. The number of alkyl carbamates (subject to hydrolysis) is 1. The van der Waals surface area contributed by atoms with Gasteiger partial charge in [-0.25, -0.2) is 4.79 Å². The molecule has 0 unspecified atom stereocenters. The van der Waals surface area contributed by atoms with Gasteiger partial charge in [0.05, 0.1) is 5.56 Å². The van der Waals surface area contributed by atoms with Crippen LogP contribution in [0.4, 0.5) is 4.79 Å². The molecule has 2 aromatic rings. The van der Waals surface area contributed by atoms with E-state index in [2.05, 4.69) is 23.2 Å². The number of rotatable bonds is 4. The van der Waals surface area contributed by atoms with Crippen LogP contribution in [0.15, 0.2) is 54.6 Å². The summed E-state index contributed by atoms with van der Waals surface area (Å²) >= 11 is 0. The molecule has 4 nitrogen and oxygen atoms in total. The number of carbonyl (C=O) groups is 1. The van der Waals surface area contributed by atoms with Crippen LogP contribution in [0.5, 0.6) is 0 Å². The molecule has 0 bridgehead atoms. The summed E-state index contributed by atoms with van der Waals surface area (Å²) in [4.78, 5) is 11.5. The number of hydrogen-bond acceptors (Lipinski definition) is 3. The molecule has 2 rings (SSSR count). The van der Waals surface area contributed by atoms with E-state index in [0.29, 0.717) is 24.1 Å². The Morgan fingerprint density at radius 1 is 1.04 bits per heavy atom. The van der Waals surface area contributed by atoms with Crippen molar-refractivity contribution in [2.24, 2.45) is 0 Å². The highest BCUT2D eigenvalue weighted by Gasteiger charge is 2.00. The maximum atomic E-state index is 11.5. The van der Waals surface area contributed by atoms with Gasteiger partial charge in [-0.3, -0.25) is 0 Å². The molecule has 0 spiro atoms. The van der Waals surface area contributed by atoms with Crippen LogP contribution in [0.3, 0.4) is 0 Å². The largest absolute Gasteiger partial charge is 0.445 e. The minimum Gasteiger partial charge on any atom is -0.445 e. The van der Waals surface area contributed by atoms with Crippen molar-refractivity contribution in [2.45, 2.75) is 13.0 Å². The van der Waals surface area contributed by atoms with Crippen LogP contribution in [0.25, 0.3) is 0 Å². The Hall–Kier alpha value is -3.24. The van der Waals surface area contributed by atoms with E-state index in [1.165, 1.54) is 0 Å². The Morgan fingerprint density at radius 3 is 2.48 bits per heavy atom. The molecular weight excluding hydrogens is 288 g/mol. The highest BCUT2D eigenvalue weighted by atomic mass is 16.5. The maximum Gasteiger partial charge on any atom is 0.407 e. The smallest absolute Gasteiger partial charge is 0.407 e. The first kappa shape index (κ1) is 16.1. The average molecular weight is 304 g/mol. The minimum atomic E-state index is -0.465. The lowest BCUT2D eigenvalue weighted by Gasteiger charge is -2.05. The number of carbonyl (C=O) groups excluding carboxylic acids is 1. The summed E-state index contributed by atoms with van der Waals surface area (Å²) in [6, 6.07) is 18.7. The molecule has 0 aliphatic rings. The van der Waals surface area contributed by atoms with Crippen molar-refractivity contribution in [1.29, 1.82) is 5.26 Å². The van der Waals surface area contributed by atoms with Crippen LogP contribution >= 0.6 is 0 Å². The Morgan fingerprint density at radius 2 is 1.74 bits per heavy atom. The quantitative estimate of drug-likeness (QED) is 0.697. The van der Waals surface area contributed by atoms with E-state index < -0.39 is 6.09 Å². The van der Waals surface area contributed by atoms with Gasteiger partial charge in [-0.05, 0) is 17.7 Å². The van der Waals surface area contributed by atoms with Crippen molar-refractivity contribution in [1.82, 2.24) is 5.32 Å². The molecule has 0 aliphatic carbocycles. The normalized spacial score (nSPS) is 9.17. The van der Waals surface area contributed by atoms with E-state index in [9.17, 15) is 4.79 Å². The van der Waals surface area contributed by atoms with E-state index in [1.54, 1.807) is 18.2 Å². The standard InChI is InChI=1S/C19H16N2O2/c20-14-18-12-5-4-10-17(18)11-6-7-13-21-19(22)23-15-16-8-2-1-3-9-16/h1-5,8-10,12H,7,13,15H2,(H,21,22). The Bertz CT molecular complexity index is 752. The lowest BCUT2D eigenvalue weighted by molar-refractivity contribution is 0.140. The minimum absolute atomic E-state index is 0.244. The second-order valence-corrected chi connectivity index (χ2v) is 4.70. The molecule has 0 fully saturated rings. The monoisotopic (exact) mass is 304 g/mol. The molecule has 0 saturated carbocycles. The zero-order chi connectivity index (χ0) is 16.3. The van der Waals surface area contributed by atoms with Crippen molar-refractivity contribution in [2.75, 3.05) is 6.54 Å². The predicted octanol–water partition coefficient (Wildman–Crippen LogP) is 3.23. The zero-order valence-corrected chi connectivity index (χ0v) is 12.6. The van der Waals surface area contributed by atoms with Crippen LogP contribution in [-0.4, -0.2) is 12.6 Å². The van der Waals surface area contributed by atoms with Crippen molar-refractivity contribution >= 4 is 6.09 Å². The van der Waals surface area contributed by atoms with Gasteiger partial charge in [0.15, 0.2) is 0 Å². The van der Waals surface area contributed by atoms with Crippen molar-refractivity contribution in [3.8, 4) is 17.9 Å². The third-order valence-electron chi connectivity index (χ3n) is 3.00. The summed E-state index contributed by atoms with van der Waals surface area (Å²) in [6.45, 7) is 0.642. The zero-order valence-electron chi connectivity index (χ0n) is 12.6. The number of nitrogens with one attached hydrogen (secondary N) is 1. The molecular formula is C19H16N2O2. The van der Waals surface area contributed by atoms with Gasteiger partial charge in [0.1, 0.15) is 12.7 Å². The molecule has 114 valence electrons. The van der Waals surface area contributed by atoms with Crippen LogP contribution in [0.2, 0.25) is 0 Å². The van der Waals surface area contributed by atoms with Crippen LogP contribution in [0.1, 0.15) is 23.1 Å². The number of hydrogen-bond donors (Lipinski definition) is 1. The first-order chi connectivity index (χ1) is 11.3. The van der Waals surface area contributed by atoms with Gasteiger partial charge in [0.2, 0.25) is 0 Å². The van der Waals surface area contributed by atoms with Crippen molar-refractivity contribution in [3.63, 3.8) is 0 Å². The third kappa shape index (κ3) is 5.57. The van der Waals surface area contributed by atoms with Gasteiger partial charge >= 0.3 is 6.09 Å². The van der Waals surface area contributed by atoms with E-state index in [-0.39, 0.29) is 6.61 Å². The van der Waals surface area contributed by atoms with Gasteiger partial charge in [-0.2, -0.15) is 5.26 Å². The summed E-state index contributed by atoms with van der Waals surface area (Å²) in [6.07, 6.45) is 0.0216. The molecule has 2 aromatic carbocycles. The van der Waals surface area contributed by atoms with Crippen LogP contribution in [-0.2, 0) is 11.3 Å². The number of ether oxygens (including phenoxy) is 1. The van der Waals surface area contributed by atoms with Crippen LogP contribution < -0.4 is 5.32 Å². The molecule has 1 N–H and O–H groups in total. The summed E-state index contributed by atoms with van der Waals surface area (Å²) < 4.78 is 5.09. The van der Waals surface area contributed by atoms with E-state index >= 15 is 0 Å². The fourth-order valence-electron chi connectivity index (χ4n) is 1.85. The van der Waals surface area contributed by atoms with E-state index in [1.807, 2.05) is 36.4 Å². The maximum absolute atomic E-state index is 11.5. The first-order valence-electron chi connectivity index (χ1n) is 7.22. The summed E-state index contributed by atoms with van der Waals surface area (Å²) in [5, 5.41) is 11.6. The summed E-state index contributed by atoms with van der Waals surface area (Å²) in [5.41, 5.74) is 2.19. The highest BCUT2D eigenvalue weighted by molar-refractivity contribution is 5.67. The van der Waals surface area contributed by atoms with Gasteiger partial charge in [-0.15, -0.1) is 0 Å². The van der Waals surface area contributed by atoms with Crippen LogP contribution in [0, 0.1) is 23.2 Å². The highest BCUT2D eigenvalue weighted by Crippen LogP contribution is 2.05. The van der Waals surface area contributed by atoms with Gasteiger partial charge in [0.25, 0.3) is 0 Å². The number of benzene rings is 2. The molecule has 1 amide bonds. The Balaban J connectivity index is 1.70. The number of nitrogens with zero attached hydrogens (tertiary/aromatic N) is 1. The van der Waals surface area contributed by atoms with Gasteiger partial charge in [0, 0.05) is 18.5 Å². The molecule has 4 heteroatoms. The van der Waals surface area contributed by atoms with E-state index in [0.717, 1.165) is 5.56 Å². The average Bonchev–Trinajstić information content (AvgIpc) is 2.61.